The van der Waals surface area contributed by atoms with Crippen molar-refractivity contribution in [1.82, 2.24) is 0 Å². The maximum atomic E-state index is 11.8. The SMILES string of the molecule is NCc1ccccc1OCC(=O)Nc1ccccc1Cl. The van der Waals surface area contributed by atoms with Crippen molar-refractivity contribution in [1.29, 1.82) is 0 Å². The van der Waals surface area contributed by atoms with Crippen LogP contribution < -0.4 is 15.8 Å². The Kier molecular flexibility index (Phi) is 4.98. The summed E-state index contributed by atoms with van der Waals surface area (Å²) < 4.78 is 5.47. The first-order chi connectivity index (χ1) is 9.70. The van der Waals surface area contributed by atoms with Crippen molar-refractivity contribution in [2.45, 2.75) is 6.54 Å². The Hall–Kier alpha value is -2.04. The van der Waals surface area contributed by atoms with Gasteiger partial charge in [0.1, 0.15) is 5.75 Å². The van der Waals surface area contributed by atoms with Gasteiger partial charge in [0.15, 0.2) is 6.61 Å². The maximum Gasteiger partial charge on any atom is 0.262 e. The molecule has 0 aliphatic rings. The van der Waals surface area contributed by atoms with Crippen LogP contribution in [0.25, 0.3) is 0 Å². The number of halogens is 1. The number of rotatable bonds is 5. The first-order valence-corrected chi connectivity index (χ1v) is 6.53. The second-order valence-corrected chi connectivity index (χ2v) is 4.54. The molecule has 3 N–H and O–H groups in total. The topological polar surface area (TPSA) is 64.3 Å². The highest BCUT2D eigenvalue weighted by molar-refractivity contribution is 6.33. The molecule has 0 radical (unpaired) electrons. The molecule has 0 fully saturated rings. The van der Waals surface area contributed by atoms with E-state index in [4.69, 9.17) is 22.1 Å². The van der Waals surface area contributed by atoms with Crippen molar-refractivity contribution in [3.63, 3.8) is 0 Å². The minimum Gasteiger partial charge on any atom is -0.483 e. The van der Waals surface area contributed by atoms with Gasteiger partial charge < -0.3 is 15.8 Å². The molecule has 0 aliphatic heterocycles. The number of carbonyl (C=O) groups is 1. The van der Waals surface area contributed by atoms with Crippen LogP contribution >= 0.6 is 11.6 Å². The highest BCUT2D eigenvalue weighted by Gasteiger charge is 2.07. The van der Waals surface area contributed by atoms with E-state index >= 15 is 0 Å². The van der Waals surface area contributed by atoms with Crippen molar-refractivity contribution in [3.05, 3.63) is 59.1 Å². The van der Waals surface area contributed by atoms with Crippen LogP contribution in [0.2, 0.25) is 5.02 Å². The second kappa shape index (κ2) is 6.93. The molecule has 1 amide bonds. The molecule has 0 bridgehead atoms. The molecular formula is C15H15ClN2O2. The molecule has 0 aromatic heterocycles. The van der Waals surface area contributed by atoms with Crippen molar-refractivity contribution < 1.29 is 9.53 Å². The van der Waals surface area contributed by atoms with E-state index in [1.54, 1.807) is 30.3 Å². The third-order valence-electron chi connectivity index (χ3n) is 2.70. The molecule has 0 spiro atoms. The third-order valence-corrected chi connectivity index (χ3v) is 3.03. The van der Waals surface area contributed by atoms with E-state index in [1.807, 2.05) is 18.2 Å². The lowest BCUT2D eigenvalue weighted by atomic mass is 10.2. The molecule has 20 heavy (non-hydrogen) atoms. The van der Waals surface area contributed by atoms with E-state index < -0.39 is 0 Å². The molecule has 0 atom stereocenters. The number of nitrogens with one attached hydrogen (secondary N) is 1. The zero-order valence-corrected chi connectivity index (χ0v) is 11.6. The van der Waals surface area contributed by atoms with E-state index in [9.17, 15) is 4.79 Å². The largest absolute Gasteiger partial charge is 0.483 e. The number of benzene rings is 2. The Bertz CT molecular complexity index is 602. The molecule has 5 heteroatoms. The van der Waals surface area contributed by atoms with Crippen LogP contribution in [0, 0.1) is 0 Å². The molecule has 0 heterocycles. The fraction of sp³-hybridized carbons (Fsp3) is 0.133. The molecular weight excluding hydrogens is 276 g/mol. The summed E-state index contributed by atoms with van der Waals surface area (Å²) in [5, 5.41) is 3.18. The number of hydrogen-bond donors (Lipinski definition) is 2. The van der Waals surface area contributed by atoms with E-state index in [2.05, 4.69) is 5.32 Å². The zero-order chi connectivity index (χ0) is 14.4. The van der Waals surface area contributed by atoms with Crippen LogP contribution in [-0.2, 0) is 11.3 Å². The fourth-order valence-electron chi connectivity index (χ4n) is 1.71. The fourth-order valence-corrected chi connectivity index (χ4v) is 1.89. The molecule has 4 nitrogen and oxygen atoms in total. The van der Waals surface area contributed by atoms with Gasteiger partial charge in [0, 0.05) is 12.1 Å². The monoisotopic (exact) mass is 290 g/mol. The average Bonchev–Trinajstić information content (AvgIpc) is 2.48. The number of para-hydroxylation sites is 2. The van der Waals surface area contributed by atoms with Crippen molar-refractivity contribution in [2.24, 2.45) is 5.73 Å². The molecule has 2 aromatic rings. The summed E-state index contributed by atoms with van der Waals surface area (Å²) in [5.41, 5.74) is 7.03. The van der Waals surface area contributed by atoms with E-state index in [0.717, 1.165) is 5.56 Å². The van der Waals surface area contributed by atoms with E-state index in [0.29, 0.717) is 23.0 Å². The van der Waals surface area contributed by atoms with Crippen molar-refractivity contribution >= 4 is 23.2 Å². The summed E-state index contributed by atoms with van der Waals surface area (Å²) in [4.78, 5) is 11.8. The summed E-state index contributed by atoms with van der Waals surface area (Å²) in [7, 11) is 0. The van der Waals surface area contributed by atoms with E-state index in [1.165, 1.54) is 0 Å². The number of carbonyl (C=O) groups excluding carboxylic acids is 1. The predicted octanol–water partition coefficient (Wildman–Crippen LogP) is 2.82. The Balaban J connectivity index is 1.94. The summed E-state index contributed by atoms with van der Waals surface area (Å²) in [6, 6.07) is 14.4. The van der Waals surface area contributed by atoms with Crippen molar-refractivity contribution in [2.75, 3.05) is 11.9 Å². The lowest BCUT2D eigenvalue weighted by Gasteiger charge is -2.11. The van der Waals surface area contributed by atoms with Crippen LogP contribution in [0.4, 0.5) is 5.69 Å². The summed E-state index contributed by atoms with van der Waals surface area (Å²) >= 11 is 5.96. The number of hydrogen-bond acceptors (Lipinski definition) is 3. The highest BCUT2D eigenvalue weighted by Crippen LogP contribution is 2.21. The van der Waals surface area contributed by atoms with Crippen LogP contribution in [0.5, 0.6) is 5.75 Å². The summed E-state index contributed by atoms with van der Waals surface area (Å²) in [6.45, 7) is 0.268. The lowest BCUT2D eigenvalue weighted by molar-refractivity contribution is -0.118. The van der Waals surface area contributed by atoms with Gasteiger partial charge in [-0.2, -0.15) is 0 Å². The molecule has 0 aliphatic carbocycles. The standard InChI is InChI=1S/C15H15ClN2O2/c16-12-6-2-3-7-13(12)18-15(19)10-20-14-8-4-1-5-11(14)9-17/h1-8H,9-10,17H2,(H,18,19). The Morgan fingerprint density at radius 3 is 2.60 bits per heavy atom. The molecule has 0 unspecified atom stereocenters. The minimum absolute atomic E-state index is 0.0950. The smallest absolute Gasteiger partial charge is 0.262 e. The van der Waals surface area contributed by atoms with Gasteiger partial charge in [0.2, 0.25) is 0 Å². The van der Waals surface area contributed by atoms with Gasteiger partial charge in [0.05, 0.1) is 10.7 Å². The minimum atomic E-state index is -0.273. The quantitative estimate of drug-likeness (QED) is 0.890. The van der Waals surface area contributed by atoms with Gasteiger partial charge in [-0.1, -0.05) is 41.9 Å². The third kappa shape index (κ3) is 3.73. The number of amides is 1. The number of ether oxygens (including phenoxy) is 1. The first-order valence-electron chi connectivity index (χ1n) is 6.16. The Morgan fingerprint density at radius 1 is 1.15 bits per heavy atom. The van der Waals surface area contributed by atoms with Gasteiger partial charge >= 0.3 is 0 Å². The number of nitrogens with two attached hydrogens (primary N) is 1. The molecule has 2 rings (SSSR count). The van der Waals surface area contributed by atoms with Gasteiger partial charge in [0.25, 0.3) is 5.91 Å². The van der Waals surface area contributed by atoms with Gasteiger partial charge in [-0.3, -0.25) is 4.79 Å². The Labute approximate surface area is 122 Å². The van der Waals surface area contributed by atoms with Crippen LogP contribution in [0.15, 0.2) is 48.5 Å². The molecule has 104 valence electrons. The van der Waals surface area contributed by atoms with Gasteiger partial charge in [-0.25, -0.2) is 0 Å². The molecule has 0 saturated heterocycles. The second-order valence-electron chi connectivity index (χ2n) is 4.13. The normalized spacial score (nSPS) is 10.1. The Morgan fingerprint density at radius 2 is 1.85 bits per heavy atom. The maximum absolute atomic E-state index is 11.8. The summed E-state index contributed by atoms with van der Waals surface area (Å²) in [5.74, 6) is 0.342. The number of anilines is 1. The highest BCUT2D eigenvalue weighted by atomic mass is 35.5. The lowest BCUT2D eigenvalue weighted by Crippen LogP contribution is -2.20. The molecule has 2 aromatic carbocycles. The van der Waals surface area contributed by atoms with Crippen molar-refractivity contribution in [3.8, 4) is 5.75 Å². The van der Waals surface area contributed by atoms with Crippen LogP contribution in [-0.4, -0.2) is 12.5 Å². The summed E-state index contributed by atoms with van der Waals surface area (Å²) in [6.07, 6.45) is 0. The first kappa shape index (κ1) is 14.4. The average molecular weight is 291 g/mol. The zero-order valence-electron chi connectivity index (χ0n) is 10.8. The van der Waals surface area contributed by atoms with Gasteiger partial charge in [-0.15, -0.1) is 0 Å². The van der Waals surface area contributed by atoms with Gasteiger partial charge in [-0.05, 0) is 18.2 Å². The van der Waals surface area contributed by atoms with Crippen LogP contribution in [0.1, 0.15) is 5.56 Å². The van der Waals surface area contributed by atoms with Crippen LogP contribution in [0.3, 0.4) is 0 Å². The molecule has 0 saturated carbocycles. The van der Waals surface area contributed by atoms with E-state index in [-0.39, 0.29) is 12.5 Å². The predicted molar refractivity (Wildman–Crippen MR) is 79.9 cm³/mol.